The summed E-state index contributed by atoms with van der Waals surface area (Å²) >= 11 is 7.46. The molecule has 88 valence electrons. The first-order chi connectivity index (χ1) is 7.75. The Hall–Kier alpha value is -0.220. The third-order valence-electron chi connectivity index (χ3n) is 2.74. The van der Waals surface area contributed by atoms with Crippen LogP contribution < -0.4 is 0 Å². The fraction of sp³-hybridized carbons (Fsp3) is 0.500. The van der Waals surface area contributed by atoms with Gasteiger partial charge in [0.1, 0.15) is 0 Å². The molecule has 1 N–H and O–H groups in total. The zero-order chi connectivity index (χ0) is 11.4. The lowest BCUT2D eigenvalue weighted by Crippen LogP contribution is -2.22. The highest BCUT2D eigenvalue weighted by Crippen LogP contribution is 2.25. The number of aliphatic hydroxyl groups excluding tert-OH is 1. The first kappa shape index (κ1) is 12.2. The number of hydrogen-bond acceptors (Lipinski definition) is 3. The van der Waals surface area contributed by atoms with Crippen molar-refractivity contribution in [3.05, 3.63) is 29.3 Å². The summed E-state index contributed by atoms with van der Waals surface area (Å²) in [5, 5.41) is 10.7. The van der Waals surface area contributed by atoms with Crippen LogP contribution in [0.5, 0.6) is 0 Å². The van der Waals surface area contributed by atoms with Gasteiger partial charge in [-0.3, -0.25) is 0 Å². The molecule has 0 amide bonds. The fourth-order valence-electron chi connectivity index (χ4n) is 1.70. The van der Waals surface area contributed by atoms with Crippen LogP contribution in [0.25, 0.3) is 0 Å². The van der Waals surface area contributed by atoms with Crippen molar-refractivity contribution in [3.63, 3.8) is 0 Å². The number of rotatable bonds is 4. The second-order valence-electron chi connectivity index (χ2n) is 3.96. The van der Waals surface area contributed by atoms with E-state index < -0.39 is 0 Å². The van der Waals surface area contributed by atoms with Crippen LogP contribution in [0.2, 0.25) is 5.02 Å². The van der Waals surface area contributed by atoms with Crippen molar-refractivity contribution in [2.45, 2.75) is 17.4 Å². The van der Waals surface area contributed by atoms with E-state index in [1.54, 1.807) is 11.8 Å². The molecule has 1 heterocycles. The minimum atomic E-state index is -0.275. The average molecular weight is 259 g/mol. The molecule has 0 saturated carbocycles. The molecule has 0 aromatic heterocycles. The van der Waals surface area contributed by atoms with Crippen LogP contribution in [-0.4, -0.2) is 30.2 Å². The van der Waals surface area contributed by atoms with Gasteiger partial charge in [0.25, 0.3) is 0 Å². The second kappa shape index (κ2) is 5.92. The zero-order valence-corrected chi connectivity index (χ0v) is 10.5. The average Bonchev–Trinajstić information content (AvgIpc) is 2.81. The van der Waals surface area contributed by atoms with Gasteiger partial charge in [-0.2, -0.15) is 0 Å². The Balaban J connectivity index is 1.80. The molecule has 1 saturated heterocycles. The smallest absolute Gasteiger partial charge is 0.0685 e. The van der Waals surface area contributed by atoms with E-state index in [1.165, 1.54) is 0 Å². The largest absolute Gasteiger partial charge is 0.392 e. The lowest BCUT2D eigenvalue weighted by molar-refractivity contribution is 0.109. The van der Waals surface area contributed by atoms with Gasteiger partial charge in [-0.05, 0) is 30.7 Å². The first-order valence-corrected chi connectivity index (χ1v) is 6.76. The highest BCUT2D eigenvalue weighted by molar-refractivity contribution is 7.99. The minimum Gasteiger partial charge on any atom is -0.392 e. The molecule has 2 nitrogen and oxygen atoms in total. The molecule has 1 aromatic carbocycles. The van der Waals surface area contributed by atoms with Crippen LogP contribution >= 0.6 is 23.4 Å². The molecular weight excluding hydrogens is 244 g/mol. The number of aliphatic hydroxyl groups is 1. The predicted molar refractivity (Wildman–Crippen MR) is 67.1 cm³/mol. The van der Waals surface area contributed by atoms with E-state index in [-0.39, 0.29) is 6.10 Å². The van der Waals surface area contributed by atoms with E-state index >= 15 is 0 Å². The molecule has 0 aliphatic carbocycles. The Kier molecular flexibility index (Phi) is 4.53. The molecular formula is C12H15ClO2S. The van der Waals surface area contributed by atoms with Crippen LogP contribution in [0.3, 0.4) is 0 Å². The van der Waals surface area contributed by atoms with Crippen LogP contribution in [0, 0.1) is 5.92 Å². The maximum atomic E-state index is 9.94. The molecule has 2 unspecified atom stereocenters. The standard InChI is InChI=1S/C12H15ClO2S/c13-10-1-3-11(4-2-10)16-8-12(14)9-5-6-15-7-9/h1-4,9,12,14H,5-8H2. The zero-order valence-electron chi connectivity index (χ0n) is 8.93. The molecule has 0 bridgehead atoms. The Morgan fingerprint density at radius 1 is 1.44 bits per heavy atom. The van der Waals surface area contributed by atoms with Gasteiger partial charge in [-0.15, -0.1) is 11.8 Å². The summed E-state index contributed by atoms with van der Waals surface area (Å²) in [7, 11) is 0. The molecule has 2 rings (SSSR count). The number of ether oxygens (including phenoxy) is 1. The Morgan fingerprint density at radius 3 is 2.81 bits per heavy atom. The predicted octanol–water partition coefficient (Wildman–Crippen LogP) is 2.83. The van der Waals surface area contributed by atoms with Crippen molar-refractivity contribution < 1.29 is 9.84 Å². The summed E-state index contributed by atoms with van der Waals surface area (Å²) in [6.45, 7) is 1.48. The van der Waals surface area contributed by atoms with Gasteiger partial charge in [0.05, 0.1) is 12.7 Å². The maximum absolute atomic E-state index is 9.94. The maximum Gasteiger partial charge on any atom is 0.0685 e. The Labute approximate surface area is 105 Å². The lowest BCUT2D eigenvalue weighted by atomic mass is 10.0. The van der Waals surface area contributed by atoms with Gasteiger partial charge in [0, 0.05) is 28.2 Å². The van der Waals surface area contributed by atoms with E-state index in [2.05, 4.69) is 0 Å². The van der Waals surface area contributed by atoms with E-state index in [9.17, 15) is 5.11 Å². The number of hydrogen-bond donors (Lipinski definition) is 1. The highest BCUT2D eigenvalue weighted by atomic mass is 35.5. The normalized spacial score (nSPS) is 22.2. The molecule has 4 heteroatoms. The summed E-state index contributed by atoms with van der Waals surface area (Å²) in [6.07, 6.45) is 0.700. The van der Waals surface area contributed by atoms with Crippen molar-refractivity contribution in [2.24, 2.45) is 5.92 Å². The van der Waals surface area contributed by atoms with Gasteiger partial charge in [0.15, 0.2) is 0 Å². The second-order valence-corrected chi connectivity index (χ2v) is 5.49. The van der Waals surface area contributed by atoms with Crippen LogP contribution in [0.4, 0.5) is 0 Å². The van der Waals surface area contributed by atoms with Gasteiger partial charge in [-0.25, -0.2) is 0 Å². The molecule has 1 fully saturated rings. The molecule has 0 radical (unpaired) electrons. The molecule has 1 aliphatic heterocycles. The van der Waals surface area contributed by atoms with Crippen molar-refractivity contribution in [1.82, 2.24) is 0 Å². The molecule has 16 heavy (non-hydrogen) atoms. The van der Waals surface area contributed by atoms with E-state index in [0.29, 0.717) is 12.5 Å². The minimum absolute atomic E-state index is 0.275. The monoisotopic (exact) mass is 258 g/mol. The van der Waals surface area contributed by atoms with Crippen LogP contribution in [0.15, 0.2) is 29.2 Å². The molecule has 2 atom stereocenters. The number of thioether (sulfide) groups is 1. The summed E-state index contributed by atoms with van der Waals surface area (Å²) in [4.78, 5) is 1.14. The third kappa shape index (κ3) is 3.39. The van der Waals surface area contributed by atoms with Crippen molar-refractivity contribution in [1.29, 1.82) is 0 Å². The van der Waals surface area contributed by atoms with Gasteiger partial charge >= 0.3 is 0 Å². The SMILES string of the molecule is OC(CSc1ccc(Cl)cc1)C1CCOC1. The van der Waals surface area contributed by atoms with Crippen molar-refractivity contribution in [3.8, 4) is 0 Å². The molecule has 1 aromatic rings. The molecule has 0 spiro atoms. The third-order valence-corrected chi connectivity index (χ3v) is 4.11. The quantitative estimate of drug-likeness (QED) is 0.843. The summed E-state index contributed by atoms with van der Waals surface area (Å²) in [6, 6.07) is 7.69. The highest BCUT2D eigenvalue weighted by Gasteiger charge is 2.23. The van der Waals surface area contributed by atoms with E-state index in [1.807, 2.05) is 24.3 Å². The topological polar surface area (TPSA) is 29.5 Å². The fourth-order valence-corrected chi connectivity index (χ4v) is 2.79. The van der Waals surface area contributed by atoms with Crippen molar-refractivity contribution >= 4 is 23.4 Å². The first-order valence-electron chi connectivity index (χ1n) is 5.40. The number of halogens is 1. The summed E-state index contributed by atoms with van der Waals surface area (Å²) < 4.78 is 5.26. The summed E-state index contributed by atoms with van der Waals surface area (Å²) in [5.41, 5.74) is 0. The molecule has 1 aliphatic rings. The summed E-state index contributed by atoms with van der Waals surface area (Å²) in [5.74, 6) is 1.02. The van der Waals surface area contributed by atoms with Crippen molar-refractivity contribution in [2.75, 3.05) is 19.0 Å². The van der Waals surface area contributed by atoms with E-state index in [0.717, 1.165) is 28.7 Å². The van der Waals surface area contributed by atoms with Gasteiger partial charge in [-0.1, -0.05) is 11.6 Å². The lowest BCUT2D eigenvalue weighted by Gasteiger charge is -2.15. The van der Waals surface area contributed by atoms with Crippen LogP contribution in [-0.2, 0) is 4.74 Å². The van der Waals surface area contributed by atoms with Gasteiger partial charge in [0.2, 0.25) is 0 Å². The van der Waals surface area contributed by atoms with Gasteiger partial charge < -0.3 is 9.84 Å². The Bertz CT molecular complexity index is 322. The van der Waals surface area contributed by atoms with E-state index in [4.69, 9.17) is 16.3 Å². The Morgan fingerprint density at radius 2 is 2.19 bits per heavy atom. The number of benzene rings is 1. The van der Waals surface area contributed by atoms with Crippen LogP contribution in [0.1, 0.15) is 6.42 Å².